The maximum Gasteiger partial charge on any atom is 0.311 e. The van der Waals surface area contributed by atoms with Crippen molar-refractivity contribution in [3.05, 3.63) is 35.6 Å². The van der Waals surface area contributed by atoms with Crippen LogP contribution in [0.25, 0.3) is 0 Å². The zero-order chi connectivity index (χ0) is 20.5. The van der Waals surface area contributed by atoms with Crippen LogP contribution in [0.1, 0.15) is 38.7 Å². The zero-order valence-corrected chi connectivity index (χ0v) is 16.0. The van der Waals surface area contributed by atoms with E-state index in [-0.39, 0.29) is 55.2 Å². The summed E-state index contributed by atoms with van der Waals surface area (Å²) in [5, 5.41) is 15.1. The fraction of sp³-hybridized carbons (Fsp3) is 0.500. The highest BCUT2D eigenvalue weighted by Crippen LogP contribution is 2.38. The monoisotopic (exact) mass is 389 g/mol. The molecule has 1 unspecified atom stereocenters. The minimum Gasteiger partial charge on any atom is -0.481 e. The standard InChI is InChI=1S/C20H24FN3O4/c1-13(2)20(19(27)28)9-10-23(12-20)18(26)16-7-8-17(25)24(22-16)11-14-3-5-15(21)6-4-14/h3-6,13H,7-12H2,1-2H3,(H,27,28). The van der Waals surface area contributed by atoms with Gasteiger partial charge in [0.25, 0.3) is 5.91 Å². The lowest BCUT2D eigenvalue weighted by atomic mass is 9.76. The fourth-order valence-electron chi connectivity index (χ4n) is 3.72. The van der Waals surface area contributed by atoms with Gasteiger partial charge in [-0.05, 0) is 30.0 Å². The van der Waals surface area contributed by atoms with Crippen molar-refractivity contribution in [1.29, 1.82) is 0 Å². The SMILES string of the molecule is CC(C)C1(C(=O)O)CCN(C(=O)C2=NN(Cc3ccc(F)cc3)C(=O)CC2)C1. The van der Waals surface area contributed by atoms with Crippen molar-refractivity contribution in [2.24, 2.45) is 16.4 Å². The average Bonchev–Trinajstić information content (AvgIpc) is 3.12. The molecule has 3 rings (SSSR count). The van der Waals surface area contributed by atoms with Crippen LogP contribution in [-0.2, 0) is 20.9 Å². The second kappa shape index (κ2) is 7.69. The molecule has 1 aromatic carbocycles. The Morgan fingerprint density at radius 3 is 2.50 bits per heavy atom. The number of nitrogens with zero attached hydrogens (tertiary/aromatic N) is 3. The third-order valence-electron chi connectivity index (χ3n) is 5.72. The number of hydrogen-bond acceptors (Lipinski definition) is 4. The molecule has 8 heteroatoms. The van der Waals surface area contributed by atoms with Gasteiger partial charge in [-0.25, -0.2) is 9.40 Å². The first kappa shape index (κ1) is 20.0. The molecular formula is C20H24FN3O4. The molecule has 2 aliphatic heterocycles. The van der Waals surface area contributed by atoms with Gasteiger partial charge in [0.05, 0.1) is 12.0 Å². The van der Waals surface area contributed by atoms with Crippen LogP contribution < -0.4 is 0 Å². The lowest BCUT2D eigenvalue weighted by molar-refractivity contribution is -0.151. The highest BCUT2D eigenvalue weighted by atomic mass is 19.1. The summed E-state index contributed by atoms with van der Waals surface area (Å²) in [5.74, 6) is -1.89. The van der Waals surface area contributed by atoms with Crippen LogP contribution in [0.5, 0.6) is 0 Å². The van der Waals surface area contributed by atoms with Gasteiger partial charge >= 0.3 is 5.97 Å². The normalized spacial score (nSPS) is 22.6. The van der Waals surface area contributed by atoms with Gasteiger partial charge in [-0.1, -0.05) is 26.0 Å². The smallest absolute Gasteiger partial charge is 0.311 e. The largest absolute Gasteiger partial charge is 0.481 e. The molecule has 1 N–H and O–H groups in total. The van der Waals surface area contributed by atoms with Gasteiger partial charge in [0, 0.05) is 25.9 Å². The second-order valence-corrected chi connectivity index (χ2v) is 7.72. The molecule has 2 heterocycles. The Bertz CT molecular complexity index is 821. The molecule has 0 saturated carbocycles. The van der Waals surface area contributed by atoms with Gasteiger partial charge in [0.2, 0.25) is 5.91 Å². The van der Waals surface area contributed by atoms with Crippen LogP contribution in [0.2, 0.25) is 0 Å². The van der Waals surface area contributed by atoms with Gasteiger partial charge in [0.15, 0.2) is 0 Å². The summed E-state index contributed by atoms with van der Waals surface area (Å²) in [6, 6.07) is 5.75. The van der Waals surface area contributed by atoms with E-state index in [2.05, 4.69) is 5.10 Å². The Balaban J connectivity index is 1.75. The van der Waals surface area contributed by atoms with Crippen molar-refractivity contribution in [2.75, 3.05) is 13.1 Å². The third-order valence-corrected chi connectivity index (χ3v) is 5.72. The van der Waals surface area contributed by atoms with Gasteiger partial charge in [0.1, 0.15) is 11.5 Å². The summed E-state index contributed by atoms with van der Waals surface area (Å²) < 4.78 is 13.1. The molecule has 0 aromatic heterocycles. The second-order valence-electron chi connectivity index (χ2n) is 7.72. The lowest BCUT2D eigenvalue weighted by Crippen LogP contribution is -2.44. The number of amides is 2. The maximum atomic E-state index is 13.1. The molecule has 2 aliphatic rings. The number of rotatable bonds is 5. The molecule has 0 aliphatic carbocycles. The Morgan fingerprint density at radius 1 is 1.25 bits per heavy atom. The average molecular weight is 389 g/mol. The summed E-state index contributed by atoms with van der Waals surface area (Å²) in [5.41, 5.74) is 0.0128. The predicted octanol–water partition coefficient (Wildman–Crippen LogP) is 2.26. The number of benzene rings is 1. The molecule has 2 amide bonds. The number of halogens is 1. The summed E-state index contributed by atoms with van der Waals surface area (Å²) in [6.45, 7) is 4.35. The molecule has 150 valence electrons. The van der Waals surface area contributed by atoms with Crippen molar-refractivity contribution in [3.63, 3.8) is 0 Å². The van der Waals surface area contributed by atoms with E-state index in [4.69, 9.17) is 0 Å². The van der Waals surface area contributed by atoms with Gasteiger partial charge in [-0.3, -0.25) is 14.4 Å². The van der Waals surface area contributed by atoms with Crippen molar-refractivity contribution in [3.8, 4) is 0 Å². The van der Waals surface area contributed by atoms with E-state index in [0.717, 1.165) is 0 Å². The highest BCUT2D eigenvalue weighted by molar-refractivity contribution is 6.39. The molecular weight excluding hydrogens is 365 g/mol. The number of carbonyl (C=O) groups excluding carboxylic acids is 2. The Hall–Kier alpha value is -2.77. The molecule has 7 nitrogen and oxygen atoms in total. The van der Waals surface area contributed by atoms with Crippen LogP contribution in [-0.4, -0.2) is 51.6 Å². The highest BCUT2D eigenvalue weighted by Gasteiger charge is 2.49. The van der Waals surface area contributed by atoms with Gasteiger partial charge < -0.3 is 10.0 Å². The molecule has 1 aromatic rings. The molecule has 1 saturated heterocycles. The van der Waals surface area contributed by atoms with Crippen molar-refractivity contribution in [1.82, 2.24) is 9.91 Å². The van der Waals surface area contributed by atoms with E-state index < -0.39 is 11.4 Å². The Labute approximate surface area is 162 Å². The Kier molecular flexibility index (Phi) is 5.49. The zero-order valence-electron chi connectivity index (χ0n) is 16.0. The van der Waals surface area contributed by atoms with Crippen LogP contribution in [0.15, 0.2) is 29.4 Å². The van der Waals surface area contributed by atoms with E-state index in [9.17, 15) is 23.9 Å². The number of hydrogen-bond donors (Lipinski definition) is 1. The summed E-state index contributed by atoms with van der Waals surface area (Å²) in [7, 11) is 0. The molecule has 0 spiro atoms. The minimum atomic E-state index is -0.950. The number of carboxylic acid groups (broad SMARTS) is 1. The van der Waals surface area contributed by atoms with Crippen molar-refractivity contribution < 1.29 is 23.9 Å². The number of aliphatic carboxylic acids is 1. The first-order valence-corrected chi connectivity index (χ1v) is 9.38. The summed E-state index contributed by atoms with van der Waals surface area (Å²) in [6.07, 6.45) is 0.793. The van der Waals surface area contributed by atoms with Crippen LogP contribution in [0.3, 0.4) is 0 Å². The predicted molar refractivity (Wildman–Crippen MR) is 99.7 cm³/mol. The molecule has 0 radical (unpaired) electrons. The summed E-state index contributed by atoms with van der Waals surface area (Å²) in [4.78, 5) is 38.4. The maximum absolute atomic E-state index is 13.1. The molecule has 0 bridgehead atoms. The van der Waals surface area contributed by atoms with E-state index in [1.165, 1.54) is 22.0 Å². The molecule has 1 fully saturated rings. The summed E-state index contributed by atoms with van der Waals surface area (Å²) >= 11 is 0. The first-order valence-electron chi connectivity index (χ1n) is 9.38. The van der Waals surface area contributed by atoms with E-state index >= 15 is 0 Å². The number of likely N-dealkylation sites (tertiary alicyclic amines) is 1. The van der Waals surface area contributed by atoms with Crippen LogP contribution in [0.4, 0.5) is 4.39 Å². The number of carboxylic acids is 1. The Morgan fingerprint density at radius 2 is 1.93 bits per heavy atom. The van der Waals surface area contributed by atoms with Crippen molar-refractivity contribution in [2.45, 2.75) is 39.7 Å². The van der Waals surface area contributed by atoms with Gasteiger partial charge in [-0.2, -0.15) is 5.10 Å². The molecule has 28 heavy (non-hydrogen) atoms. The van der Waals surface area contributed by atoms with Crippen LogP contribution in [0, 0.1) is 17.2 Å². The van der Waals surface area contributed by atoms with E-state index in [1.807, 2.05) is 13.8 Å². The first-order chi connectivity index (χ1) is 13.2. The quantitative estimate of drug-likeness (QED) is 0.836. The molecule has 1 atom stereocenters. The van der Waals surface area contributed by atoms with Gasteiger partial charge in [-0.15, -0.1) is 0 Å². The fourth-order valence-corrected chi connectivity index (χ4v) is 3.72. The lowest BCUT2D eigenvalue weighted by Gasteiger charge is -2.29. The topological polar surface area (TPSA) is 90.3 Å². The third kappa shape index (κ3) is 3.76. The van der Waals surface area contributed by atoms with Crippen molar-refractivity contribution >= 4 is 23.5 Å². The number of carbonyl (C=O) groups is 3. The number of hydrazone groups is 1. The minimum absolute atomic E-state index is 0.104. The van der Waals surface area contributed by atoms with E-state index in [1.54, 1.807) is 12.1 Å². The van der Waals surface area contributed by atoms with Crippen LogP contribution >= 0.6 is 0 Å². The van der Waals surface area contributed by atoms with E-state index in [0.29, 0.717) is 18.5 Å².